The quantitative estimate of drug-likeness (QED) is 0.135. The number of nitrogens with zero attached hydrogens (tertiary/aromatic N) is 4. The van der Waals surface area contributed by atoms with Crippen LogP contribution in [-0.4, -0.2) is 108 Å². The number of hydrogen-bond donors (Lipinski definition) is 10. The fourth-order valence-corrected chi connectivity index (χ4v) is 4.54. The van der Waals surface area contributed by atoms with Gasteiger partial charge in [-0.2, -0.15) is 5.10 Å². The van der Waals surface area contributed by atoms with E-state index in [-0.39, 0.29) is 18.7 Å². The molecule has 0 saturated carbocycles. The van der Waals surface area contributed by atoms with Crippen LogP contribution in [0.25, 0.3) is 21.9 Å². The Labute approximate surface area is 215 Å². The van der Waals surface area contributed by atoms with E-state index in [1.54, 1.807) is 23.1 Å². The smallest absolute Gasteiger partial charge is 0.321 e. The summed E-state index contributed by atoms with van der Waals surface area (Å²) in [4.78, 5) is 17.6. The van der Waals surface area contributed by atoms with Crippen LogP contribution in [0.1, 0.15) is 12.8 Å². The molecule has 38 heavy (non-hydrogen) atoms. The summed E-state index contributed by atoms with van der Waals surface area (Å²) in [5, 5.41) is 95.6. The molecule has 0 spiro atoms. The zero-order chi connectivity index (χ0) is 28.1. The van der Waals surface area contributed by atoms with Crippen LogP contribution in [-0.2, 0) is 11.8 Å². The van der Waals surface area contributed by atoms with Crippen LogP contribution in [0.3, 0.4) is 0 Å². The third-order valence-corrected chi connectivity index (χ3v) is 6.77. The number of benzene rings is 1. The number of rotatable bonds is 7. The minimum Gasteiger partial charge on any atom is -0.370 e. The molecule has 2 aromatic heterocycles. The Balaban J connectivity index is 1.45. The molecule has 0 bridgehead atoms. The Hall–Kier alpha value is -3.09. The number of amides is 1. The average molecular weight is 536 g/mol. The first-order chi connectivity index (χ1) is 17.5. The van der Waals surface area contributed by atoms with E-state index in [4.69, 9.17) is 0 Å². The maximum Gasteiger partial charge on any atom is 0.321 e. The number of nitrogens with one attached hydrogen (secondary N) is 1. The lowest BCUT2D eigenvalue weighted by Gasteiger charge is -2.51. The Morgan fingerprint density at radius 2 is 1.53 bits per heavy atom. The molecule has 0 aliphatic carbocycles. The van der Waals surface area contributed by atoms with Gasteiger partial charge in [0.1, 0.15) is 5.82 Å². The SMILES string of the molecule is Cn1cc(-c2ccc3cnc(NC(=O)C4CCN(C(O)(O)C(O)(C(O)(O)O)C(O)(O)O)CC4)cc3c2)cn1. The molecule has 0 atom stereocenters. The van der Waals surface area contributed by atoms with Gasteiger partial charge in [-0.1, -0.05) is 12.1 Å². The summed E-state index contributed by atoms with van der Waals surface area (Å²) >= 11 is 0. The lowest BCUT2D eigenvalue weighted by Crippen LogP contribution is -2.82. The summed E-state index contributed by atoms with van der Waals surface area (Å²) in [6.45, 7) is -0.807. The number of anilines is 1. The maximum absolute atomic E-state index is 12.9. The molecule has 1 fully saturated rings. The van der Waals surface area contributed by atoms with Gasteiger partial charge in [0.2, 0.25) is 5.91 Å². The molecule has 15 nitrogen and oxygen atoms in total. The molecule has 1 aliphatic rings. The van der Waals surface area contributed by atoms with E-state index in [1.807, 2.05) is 31.4 Å². The van der Waals surface area contributed by atoms with Crippen molar-refractivity contribution in [1.82, 2.24) is 19.7 Å². The van der Waals surface area contributed by atoms with Gasteiger partial charge in [0.15, 0.2) is 0 Å². The predicted octanol–water partition coefficient (Wildman–Crippen LogP) is -3.08. The highest BCUT2D eigenvalue weighted by molar-refractivity contribution is 5.95. The minimum atomic E-state index is -4.57. The fraction of sp³-hybridized carbons (Fsp3) is 0.435. The summed E-state index contributed by atoms with van der Waals surface area (Å²) < 4.78 is 1.68. The highest BCUT2D eigenvalue weighted by atomic mass is 16.8. The Bertz CT molecular complexity index is 1310. The molecule has 1 aromatic carbocycles. The summed E-state index contributed by atoms with van der Waals surface area (Å²) in [6, 6.07) is 7.45. The van der Waals surface area contributed by atoms with Gasteiger partial charge in [0.25, 0.3) is 11.5 Å². The summed E-state index contributed by atoms with van der Waals surface area (Å²) in [5.41, 5.74) is -2.65. The summed E-state index contributed by atoms with van der Waals surface area (Å²) in [5.74, 6) is -13.9. The zero-order valence-corrected chi connectivity index (χ0v) is 20.2. The number of aliphatic hydroxyl groups is 9. The lowest BCUT2D eigenvalue weighted by atomic mass is 9.88. The van der Waals surface area contributed by atoms with Crippen molar-refractivity contribution in [3.63, 3.8) is 0 Å². The Kier molecular flexibility index (Phi) is 7.04. The fourth-order valence-electron chi connectivity index (χ4n) is 4.54. The second-order valence-corrected chi connectivity index (χ2v) is 9.40. The maximum atomic E-state index is 12.9. The first kappa shape index (κ1) is 27.9. The molecular weight excluding hydrogens is 506 g/mol. The molecule has 1 saturated heterocycles. The normalized spacial score (nSPS) is 16.7. The van der Waals surface area contributed by atoms with Crippen LogP contribution < -0.4 is 5.32 Å². The molecule has 1 aliphatic heterocycles. The minimum absolute atomic E-state index is 0.0614. The summed E-state index contributed by atoms with van der Waals surface area (Å²) in [6.07, 6.45) is 5.08. The van der Waals surface area contributed by atoms with Crippen LogP contribution in [0, 0.1) is 5.92 Å². The third-order valence-electron chi connectivity index (χ3n) is 6.77. The zero-order valence-electron chi connectivity index (χ0n) is 20.2. The molecule has 1 amide bonds. The van der Waals surface area contributed by atoms with Crippen molar-refractivity contribution in [1.29, 1.82) is 0 Å². The number of carbonyl (C=O) groups is 1. The first-order valence-electron chi connectivity index (χ1n) is 11.5. The van der Waals surface area contributed by atoms with Gasteiger partial charge in [-0.05, 0) is 35.9 Å². The van der Waals surface area contributed by atoms with Crippen molar-refractivity contribution in [2.24, 2.45) is 13.0 Å². The first-order valence-corrected chi connectivity index (χ1v) is 11.5. The highest BCUT2D eigenvalue weighted by Crippen LogP contribution is 2.39. The standard InChI is InChI=1S/C23H29N5O10/c1-27-12-17(11-25-27)14-2-3-15-10-24-18(9-16(15)8-14)26-19(29)13-4-6-28(7-5-13)21(31,32)20(30,22(33,34)35)23(36,37)38/h2-3,8-13,30-38H,4-7H2,1H3,(H,24,26,29). The van der Waals surface area contributed by atoms with Crippen LogP contribution in [0.2, 0.25) is 0 Å². The van der Waals surface area contributed by atoms with E-state index in [1.165, 1.54) is 0 Å². The number of aromatic nitrogens is 3. The largest absolute Gasteiger partial charge is 0.370 e. The van der Waals surface area contributed by atoms with E-state index in [0.29, 0.717) is 4.90 Å². The average Bonchev–Trinajstić information content (AvgIpc) is 3.28. The van der Waals surface area contributed by atoms with E-state index in [9.17, 15) is 50.8 Å². The van der Waals surface area contributed by atoms with Gasteiger partial charge < -0.3 is 51.3 Å². The van der Waals surface area contributed by atoms with Gasteiger partial charge in [-0.3, -0.25) is 9.48 Å². The number of carbonyl (C=O) groups excluding carboxylic acids is 1. The number of likely N-dealkylation sites (tertiary alicyclic amines) is 1. The molecule has 206 valence electrons. The summed E-state index contributed by atoms with van der Waals surface area (Å²) in [7, 11) is 1.81. The van der Waals surface area contributed by atoms with Crippen molar-refractivity contribution in [3.8, 4) is 11.1 Å². The van der Waals surface area contributed by atoms with Crippen LogP contribution in [0.4, 0.5) is 5.82 Å². The van der Waals surface area contributed by atoms with Gasteiger partial charge >= 0.3 is 11.9 Å². The van der Waals surface area contributed by atoms with E-state index in [0.717, 1.165) is 21.9 Å². The number of piperidine rings is 1. The van der Waals surface area contributed by atoms with Gasteiger partial charge in [0, 0.05) is 49.4 Å². The van der Waals surface area contributed by atoms with Gasteiger partial charge in [-0.25, -0.2) is 9.88 Å². The topological polar surface area (TPSA) is 245 Å². The molecule has 10 N–H and O–H groups in total. The molecule has 3 heterocycles. The predicted molar refractivity (Wildman–Crippen MR) is 128 cm³/mol. The molecule has 3 aromatic rings. The van der Waals surface area contributed by atoms with Gasteiger partial charge in [-0.15, -0.1) is 0 Å². The third kappa shape index (κ3) is 4.87. The second-order valence-electron chi connectivity index (χ2n) is 9.40. The Morgan fingerprint density at radius 1 is 0.895 bits per heavy atom. The van der Waals surface area contributed by atoms with E-state index in [2.05, 4.69) is 15.4 Å². The number of fused-ring (bicyclic) bond motifs is 1. The van der Waals surface area contributed by atoms with Crippen LogP contribution in [0.5, 0.6) is 0 Å². The lowest BCUT2D eigenvalue weighted by molar-refractivity contribution is -0.558. The second kappa shape index (κ2) is 9.58. The van der Waals surface area contributed by atoms with Gasteiger partial charge in [0.05, 0.1) is 6.20 Å². The highest BCUT2D eigenvalue weighted by Gasteiger charge is 2.75. The van der Waals surface area contributed by atoms with Crippen molar-refractivity contribution >= 4 is 22.5 Å². The Morgan fingerprint density at radius 3 is 2.08 bits per heavy atom. The molecule has 0 radical (unpaired) electrons. The molecule has 15 heteroatoms. The number of aryl methyl sites for hydroxylation is 1. The van der Waals surface area contributed by atoms with Crippen molar-refractivity contribution in [3.05, 3.63) is 42.9 Å². The van der Waals surface area contributed by atoms with Crippen molar-refractivity contribution < 1.29 is 50.8 Å². The van der Waals surface area contributed by atoms with Crippen molar-refractivity contribution in [2.75, 3.05) is 18.4 Å². The molecule has 0 unspecified atom stereocenters. The van der Waals surface area contributed by atoms with E-state index >= 15 is 0 Å². The molecular formula is C23H29N5O10. The molecule has 4 rings (SSSR count). The van der Waals surface area contributed by atoms with Crippen LogP contribution >= 0.6 is 0 Å². The van der Waals surface area contributed by atoms with Crippen LogP contribution in [0.15, 0.2) is 42.9 Å². The monoisotopic (exact) mass is 535 g/mol. The van der Waals surface area contributed by atoms with Crippen molar-refractivity contribution in [2.45, 2.75) is 36.3 Å². The number of hydrogen-bond acceptors (Lipinski definition) is 13. The number of pyridine rings is 1. The van der Waals surface area contributed by atoms with E-state index < -0.39 is 48.4 Å².